The van der Waals surface area contributed by atoms with Gasteiger partial charge in [0.25, 0.3) is 0 Å². The van der Waals surface area contributed by atoms with Gasteiger partial charge in [-0.05, 0) is 31.2 Å². The lowest BCUT2D eigenvalue weighted by Gasteiger charge is -2.09. The summed E-state index contributed by atoms with van der Waals surface area (Å²) < 4.78 is 1.69. The standard InChI is InChI=1S/C22H17N3O2/c1-15-9-11-18(12-10-15)25-21(16-6-3-2-4-7-16)19(22(26)27)20(24-25)17-8-5-13-23-14-17/h2-14H,1H3,(H,26,27). The van der Waals surface area contributed by atoms with E-state index in [0.29, 0.717) is 17.0 Å². The molecule has 4 aromatic rings. The number of aryl methyl sites for hydroxylation is 1. The fourth-order valence-corrected chi connectivity index (χ4v) is 3.06. The summed E-state index contributed by atoms with van der Waals surface area (Å²) in [6.07, 6.45) is 3.28. The average Bonchev–Trinajstić information content (AvgIpc) is 3.11. The van der Waals surface area contributed by atoms with E-state index in [1.54, 1.807) is 23.1 Å². The van der Waals surface area contributed by atoms with E-state index in [1.165, 1.54) is 0 Å². The van der Waals surface area contributed by atoms with Gasteiger partial charge >= 0.3 is 5.97 Å². The Bertz CT molecular complexity index is 1090. The van der Waals surface area contributed by atoms with E-state index in [2.05, 4.69) is 10.1 Å². The number of nitrogens with zero attached hydrogens (tertiary/aromatic N) is 3. The van der Waals surface area contributed by atoms with Crippen molar-refractivity contribution in [3.8, 4) is 28.2 Å². The van der Waals surface area contributed by atoms with Gasteiger partial charge in [0.15, 0.2) is 0 Å². The second kappa shape index (κ2) is 6.88. The van der Waals surface area contributed by atoms with Gasteiger partial charge in [-0.1, -0.05) is 48.0 Å². The average molecular weight is 355 g/mol. The summed E-state index contributed by atoms with van der Waals surface area (Å²) in [7, 11) is 0. The maximum atomic E-state index is 12.2. The van der Waals surface area contributed by atoms with E-state index in [0.717, 1.165) is 16.8 Å². The molecule has 0 aliphatic heterocycles. The Labute approximate surface area is 156 Å². The zero-order valence-electron chi connectivity index (χ0n) is 14.7. The molecule has 0 amide bonds. The quantitative estimate of drug-likeness (QED) is 0.580. The van der Waals surface area contributed by atoms with E-state index in [1.807, 2.05) is 67.6 Å². The fourth-order valence-electron chi connectivity index (χ4n) is 3.06. The van der Waals surface area contributed by atoms with E-state index in [-0.39, 0.29) is 5.56 Å². The monoisotopic (exact) mass is 355 g/mol. The number of pyridine rings is 1. The third kappa shape index (κ3) is 3.11. The summed E-state index contributed by atoms with van der Waals surface area (Å²) in [6.45, 7) is 2.01. The van der Waals surface area contributed by atoms with Crippen molar-refractivity contribution in [1.29, 1.82) is 0 Å². The Morgan fingerprint density at radius 2 is 1.63 bits per heavy atom. The Morgan fingerprint density at radius 3 is 2.26 bits per heavy atom. The van der Waals surface area contributed by atoms with Crippen LogP contribution in [0.25, 0.3) is 28.2 Å². The molecule has 0 fully saturated rings. The first-order valence-corrected chi connectivity index (χ1v) is 8.54. The molecule has 0 radical (unpaired) electrons. The van der Waals surface area contributed by atoms with Gasteiger partial charge in [-0.2, -0.15) is 5.10 Å². The van der Waals surface area contributed by atoms with Crippen LogP contribution < -0.4 is 0 Å². The Kier molecular flexibility index (Phi) is 4.26. The molecule has 2 heterocycles. The van der Waals surface area contributed by atoms with E-state index >= 15 is 0 Å². The van der Waals surface area contributed by atoms with Gasteiger partial charge < -0.3 is 5.11 Å². The van der Waals surface area contributed by atoms with Crippen molar-refractivity contribution >= 4 is 5.97 Å². The van der Waals surface area contributed by atoms with Crippen molar-refractivity contribution in [2.45, 2.75) is 6.92 Å². The minimum atomic E-state index is -1.02. The molecule has 27 heavy (non-hydrogen) atoms. The van der Waals surface area contributed by atoms with Crippen molar-refractivity contribution in [2.24, 2.45) is 0 Å². The van der Waals surface area contributed by atoms with Crippen LogP contribution in [0.1, 0.15) is 15.9 Å². The highest BCUT2D eigenvalue weighted by molar-refractivity contribution is 6.01. The Morgan fingerprint density at radius 1 is 0.926 bits per heavy atom. The van der Waals surface area contributed by atoms with Gasteiger partial charge in [0.1, 0.15) is 11.3 Å². The zero-order valence-corrected chi connectivity index (χ0v) is 14.7. The number of hydrogen-bond donors (Lipinski definition) is 1. The molecule has 0 unspecified atom stereocenters. The van der Waals surface area contributed by atoms with Crippen molar-refractivity contribution in [3.63, 3.8) is 0 Å². The molecule has 0 atom stereocenters. The number of carboxylic acid groups (broad SMARTS) is 1. The van der Waals surface area contributed by atoms with E-state index < -0.39 is 5.97 Å². The molecule has 1 N–H and O–H groups in total. The normalized spacial score (nSPS) is 10.7. The minimum Gasteiger partial charge on any atom is -0.478 e. The Balaban J connectivity index is 2.06. The smallest absolute Gasteiger partial charge is 0.340 e. The summed E-state index contributed by atoms with van der Waals surface area (Å²) in [5.74, 6) is -1.02. The highest BCUT2D eigenvalue weighted by Gasteiger charge is 2.26. The number of aromatic carboxylic acids is 1. The number of hydrogen-bond acceptors (Lipinski definition) is 3. The van der Waals surface area contributed by atoms with Crippen LogP contribution in [-0.2, 0) is 0 Å². The first-order chi connectivity index (χ1) is 13.1. The highest BCUT2D eigenvalue weighted by Crippen LogP contribution is 2.34. The van der Waals surface area contributed by atoms with Crippen LogP contribution in [0.4, 0.5) is 0 Å². The first kappa shape index (κ1) is 16.7. The number of aromatic nitrogens is 3. The van der Waals surface area contributed by atoms with Crippen LogP contribution in [0.15, 0.2) is 79.1 Å². The van der Waals surface area contributed by atoms with Gasteiger partial charge in [0.05, 0.1) is 11.4 Å². The molecule has 0 saturated carbocycles. The fraction of sp³-hybridized carbons (Fsp3) is 0.0455. The minimum absolute atomic E-state index is 0.162. The number of rotatable bonds is 4. The maximum absolute atomic E-state index is 12.2. The summed E-state index contributed by atoms with van der Waals surface area (Å²) >= 11 is 0. The topological polar surface area (TPSA) is 68.0 Å². The van der Waals surface area contributed by atoms with E-state index in [4.69, 9.17) is 0 Å². The second-order valence-electron chi connectivity index (χ2n) is 6.23. The van der Waals surface area contributed by atoms with Crippen molar-refractivity contribution < 1.29 is 9.90 Å². The van der Waals surface area contributed by atoms with Crippen LogP contribution in [-0.4, -0.2) is 25.8 Å². The van der Waals surface area contributed by atoms with Crippen molar-refractivity contribution in [1.82, 2.24) is 14.8 Å². The third-order valence-corrected chi connectivity index (χ3v) is 4.36. The molecule has 2 aromatic heterocycles. The number of benzene rings is 2. The Hall–Kier alpha value is -3.73. The third-order valence-electron chi connectivity index (χ3n) is 4.36. The van der Waals surface area contributed by atoms with Crippen LogP contribution in [0.3, 0.4) is 0 Å². The number of carboxylic acids is 1. The summed E-state index contributed by atoms with van der Waals surface area (Å²) in [5.41, 5.74) is 4.49. The molecule has 0 bridgehead atoms. The summed E-state index contributed by atoms with van der Waals surface area (Å²) in [4.78, 5) is 16.3. The number of carbonyl (C=O) groups is 1. The SMILES string of the molecule is Cc1ccc(-n2nc(-c3cccnc3)c(C(=O)O)c2-c2ccccc2)cc1. The lowest BCUT2D eigenvalue weighted by atomic mass is 10.0. The molecule has 5 nitrogen and oxygen atoms in total. The molecule has 0 aliphatic rings. The summed E-state index contributed by atoms with van der Waals surface area (Å²) in [6, 6.07) is 20.9. The molecule has 0 aliphatic carbocycles. The maximum Gasteiger partial charge on any atom is 0.340 e. The van der Waals surface area contributed by atoms with Crippen LogP contribution in [0.5, 0.6) is 0 Å². The molecular formula is C22H17N3O2. The van der Waals surface area contributed by atoms with Gasteiger partial charge in [-0.15, -0.1) is 0 Å². The molecule has 0 spiro atoms. The van der Waals surface area contributed by atoms with Crippen molar-refractivity contribution in [3.05, 3.63) is 90.3 Å². The lowest BCUT2D eigenvalue weighted by molar-refractivity contribution is 0.0698. The molecule has 2 aromatic carbocycles. The van der Waals surface area contributed by atoms with E-state index in [9.17, 15) is 9.90 Å². The van der Waals surface area contributed by atoms with Gasteiger partial charge in [0, 0.05) is 23.5 Å². The highest BCUT2D eigenvalue weighted by atomic mass is 16.4. The van der Waals surface area contributed by atoms with Gasteiger partial charge in [-0.3, -0.25) is 4.98 Å². The van der Waals surface area contributed by atoms with Crippen LogP contribution >= 0.6 is 0 Å². The molecule has 5 heteroatoms. The van der Waals surface area contributed by atoms with Crippen molar-refractivity contribution in [2.75, 3.05) is 0 Å². The second-order valence-corrected chi connectivity index (χ2v) is 6.23. The molecule has 0 saturated heterocycles. The largest absolute Gasteiger partial charge is 0.478 e. The van der Waals surface area contributed by atoms with Gasteiger partial charge in [0.2, 0.25) is 0 Å². The lowest BCUT2D eigenvalue weighted by Crippen LogP contribution is -2.03. The molecule has 4 rings (SSSR count). The van der Waals surface area contributed by atoms with Gasteiger partial charge in [-0.25, -0.2) is 9.48 Å². The summed E-state index contributed by atoms with van der Waals surface area (Å²) in [5, 5.41) is 14.7. The predicted octanol–water partition coefficient (Wildman–Crippen LogP) is 4.61. The zero-order chi connectivity index (χ0) is 18.8. The van der Waals surface area contributed by atoms with Crippen LogP contribution in [0.2, 0.25) is 0 Å². The van der Waals surface area contributed by atoms with Crippen LogP contribution in [0, 0.1) is 6.92 Å². The molecule has 132 valence electrons. The predicted molar refractivity (Wildman–Crippen MR) is 104 cm³/mol. The molecular weight excluding hydrogens is 338 g/mol. The first-order valence-electron chi connectivity index (χ1n) is 8.54.